The highest BCUT2D eigenvalue weighted by Gasteiger charge is 2.27. The standard InChI is InChI=1S/C13H25NO2S/c1-10(15)11-6-5-7-14(8-11)12(16)9-17-13(2,3)4/h10-11,15H,5-9H2,1-4H3. The van der Waals surface area contributed by atoms with Gasteiger partial charge in [-0.15, -0.1) is 11.8 Å². The molecule has 3 nitrogen and oxygen atoms in total. The molecule has 0 radical (unpaired) electrons. The van der Waals surface area contributed by atoms with Gasteiger partial charge in [0.05, 0.1) is 11.9 Å². The van der Waals surface area contributed by atoms with Gasteiger partial charge in [-0.1, -0.05) is 20.8 Å². The Balaban J connectivity index is 2.41. The Kier molecular flexibility index (Phi) is 5.32. The average molecular weight is 259 g/mol. The Morgan fingerprint density at radius 1 is 1.53 bits per heavy atom. The number of carbonyl (C=O) groups excluding carboxylic acids is 1. The number of amides is 1. The topological polar surface area (TPSA) is 40.5 Å². The van der Waals surface area contributed by atoms with E-state index in [1.807, 2.05) is 11.8 Å². The maximum atomic E-state index is 12.0. The van der Waals surface area contributed by atoms with Crippen molar-refractivity contribution in [3.05, 3.63) is 0 Å². The normalized spacial score (nSPS) is 23.6. The van der Waals surface area contributed by atoms with Gasteiger partial charge in [-0.3, -0.25) is 4.79 Å². The molecule has 2 unspecified atom stereocenters. The molecule has 0 aromatic heterocycles. The molecule has 1 heterocycles. The number of aliphatic hydroxyl groups is 1. The van der Waals surface area contributed by atoms with E-state index in [-0.39, 0.29) is 22.7 Å². The van der Waals surface area contributed by atoms with Crippen molar-refractivity contribution >= 4 is 17.7 Å². The smallest absolute Gasteiger partial charge is 0.232 e. The SMILES string of the molecule is CC(O)C1CCCN(C(=O)CSC(C)(C)C)C1. The van der Waals surface area contributed by atoms with Crippen molar-refractivity contribution in [1.82, 2.24) is 4.90 Å². The van der Waals surface area contributed by atoms with E-state index in [2.05, 4.69) is 20.8 Å². The van der Waals surface area contributed by atoms with Crippen LogP contribution in [0.3, 0.4) is 0 Å². The summed E-state index contributed by atoms with van der Waals surface area (Å²) >= 11 is 1.69. The number of thioether (sulfide) groups is 1. The minimum atomic E-state index is -0.305. The van der Waals surface area contributed by atoms with Gasteiger partial charge in [0.15, 0.2) is 0 Å². The van der Waals surface area contributed by atoms with E-state index in [0.717, 1.165) is 25.9 Å². The molecule has 1 amide bonds. The first-order valence-electron chi connectivity index (χ1n) is 6.39. The van der Waals surface area contributed by atoms with E-state index in [0.29, 0.717) is 5.75 Å². The third kappa shape index (κ3) is 5.30. The van der Waals surface area contributed by atoms with Gasteiger partial charge in [0.1, 0.15) is 0 Å². The van der Waals surface area contributed by atoms with E-state index in [4.69, 9.17) is 0 Å². The minimum absolute atomic E-state index is 0.134. The summed E-state index contributed by atoms with van der Waals surface area (Å²) in [4.78, 5) is 14.0. The molecule has 17 heavy (non-hydrogen) atoms. The number of piperidine rings is 1. The van der Waals surface area contributed by atoms with Crippen molar-refractivity contribution in [3.63, 3.8) is 0 Å². The zero-order valence-corrected chi connectivity index (χ0v) is 12.2. The molecule has 0 saturated carbocycles. The Hall–Kier alpha value is -0.220. The predicted molar refractivity (Wildman–Crippen MR) is 73.2 cm³/mol. The molecule has 2 atom stereocenters. The first-order valence-corrected chi connectivity index (χ1v) is 7.38. The summed E-state index contributed by atoms with van der Waals surface area (Å²) in [6.45, 7) is 9.77. The van der Waals surface area contributed by atoms with Crippen molar-refractivity contribution in [2.24, 2.45) is 5.92 Å². The van der Waals surface area contributed by atoms with E-state index < -0.39 is 0 Å². The van der Waals surface area contributed by atoms with Crippen LogP contribution < -0.4 is 0 Å². The van der Waals surface area contributed by atoms with Crippen LogP contribution >= 0.6 is 11.8 Å². The molecule has 0 aromatic rings. The van der Waals surface area contributed by atoms with Gasteiger partial charge in [-0.2, -0.15) is 0 Å². The fourth-order valence-electron chi connectivity index (χ4n) is 2.00. The Bertz CT molecular complexity index is 261. The lowest BCUT2D eigenvalue weighted by Crippen LogP contribution is -2.44. The molecular weight excluding hydrogens is 234 g/mol. The van der Waals surface area contributed by atoms with Crippen LogP contribution in [-0.2, 0) is 4.79 Å². The number of hydrogen-bond acceptors (Lipinski definition) is 3. The number of hydrogen-bond donors (Lipinski definition) is 1. The molecule has 0 aromatic carbocycles. The quantitative estimate of drug-likeness (QED) is 0.844. The summed E-state index contributed by atoms with van der Waals surface area (Å²) < 4.78 is 0.134. The molecule has 1 aliphatic heterocycles. The fraction of sp³-hybridized carbons (Fsp3) is 0.923. The molecule has 1 N–H and O–H groups in total. The zero-order chi connectivity index (χ0) is 13.1. The van der Waals surface area contributed by atoms with Crippen LogP contribution in [0.4, 0.5) is 0 Å². The first-order chi connectivity index (χ1) is 7.79. The van der Waals surface area contributed by atoms with Gasteiger partial charge in [0, 0.05) is 23.8 Å². The second-order valence-corrected chi connectivity index (χ2v) is 7.69. The van der Waals surface area contributed by atoms with Crippen LogP contribution in [0.1, 0.15) is 40.5 Å². The predicted octanol–water partition coefficient (Wildman–Crippen LogP) is 2.14. The molecule has 0 aliphatic carbocycles. The molecule has 1 aliphatic rings. The van der Waals surface area contributed by atoms with Crippen LogP contribution in [0.25, 0.3) is 0 Å². The van der Waals surface area contributed by atoms with E-state index in [9.17, 15) is 9.90 Å². The van der Waals surface area contributed by atoms with Gasteiger partial charge < -0.3 is 10.0 Å². The summed E-state index contributed by atoms with van der Waals surface area (Å²) in [5.74, 6) is 1.03. The van der Waals surface area contributed by atoms with Gasteiger partial charge in [-0.25, -0.2) is 0 Å². The summed E-state index contributed by atoms with van der Waals surface area (Å²) in [5.41, 5.74) is 0. The van der Waals surface area contributed by atoms with Gasteiger partial charge >= 0.3 is 0 Å². The van der Waals surface area contributed by atoms with Crippen LogP contribution in [0, 0.1) is 5.92 Å². The first kappa shape index (κ1) is 14.8. The lowest BCUT2D eigenvalue weighted by atomic mass is 9.93. The largest absolute Gasteiger partial charge is 0.393 e. The van der Waals surface area contributed by atoms with E-state index >= 15 is 0 Å². The summed E-state index contributed by atoms with van der Waals surface area (Å²) in [6.07, 6.45) is 1.75. The number of likely N-dealkylation sites (tertiary alicyclic amines) is 1. The second kappa shape index (κ2) is 6.10. The summed E-state index contributed by atoms with van der Waals surface area (Å²) in [7, 11) is 0. The lowest BCUT2D eigenvalue weighted by molar-refractivity contribution is -0.130. The monoisotopic (exact) mass is 259 g/mol. The Morgan fingerprint density at radius 2 is 2.18 bits per heavy atom. The van der Waals surface area contributed by atoms with Crippen LogP contribution in [0.5, 0.6) is 0 Å². The number of carbonyl (C=O) groups is 1. The molecule has 100 valence electrons. The maximum absolute atomic E-state index is 12.0. The zero-order valence-electron chi connectivity index (χ0n) is 11.4. The number of rotatable bonds is 3. The highest BCUT2D eigenvalue weighted by Crippen LogP contribution is 2.25. The van der Waals surface area contributed by atoms with Crippen molar-refractivity contribution in [2.45, 2.75) is 51.4 Å². The van der Waals surface area contributed by atoms with Crippen LogP contribution in [-0.4, -0.2) is 45.6 Å². The Labute approximate surface area is 109 Å². The molecule has 1 rings (SSSR count). The third-order valence-corrected chi connectivity index (χ3v) is 4.38. The van der Waals surface area contributed by atoms with Crippen molar-refractivity contribution < 1.29 is 9.90 Å². The molecule has 1 fully saturated rings. The minimum Gasteiger partial charge on any atom is -0.393 e. The van der Waals surface area contributed by atoms with Gasteiger partial charge in [-0.05, 0) is 19.8 Å². The van der Waals surface area contributed by atoms with Crippen molar-refractivity contribution in [1.29, 1.82) is 0 Å². The molecule has 0 spiro atoms. The van der Waals surface area contributed by atoms with Crippen LogP contribution in [0.2, 0.25) is 0 Å². The van der Waals surface area contributed by atoms with E-state index in [1.54, 1.807) is 11.8 Å². The fourth-order valence-corrected chi connectivity index (χ4v) is 2.74. The highest BCUT2D eigenvalue weighted by atomic mass is 32.2. The average Bonchev–Trinajstić information content (AvgIpc) is 2.25. The van der Waals surface area contributed by atoms with Crippen molar-refractivity contribution in [3.8, 4) is 0 Å². The maximum Gasteiger partial charge on any atom is 0.232 e. The molecule has 4 heteroatoms. The molecular formula is C13H25NO2S. The molecule has 0 bridgehead atoms. The summed E-state index contributed by atoms with van der Waals surface area (Å²) in [5, 5.41) is 9.59. The van der Waals surface area contributed by atoms with Crippen LogP contribution in [0.15, 0.2) is 0 Å². The molecule has 1 saturated heterocycles. The van der Waals surface area contributed by atoms with Crippen molar-refractivity contribution in [2.75, 3.05) is 18.8 Å². The van der Waals surface area contributed by atoms with Gasteiger partial charge in [0.25, 0.3) is 0 Å². The lowest BCUT2D eigenvalue weighted by Gasteiger charge is -2.34. The van der Waals surface area contributed by atoms with Gasteiger partial charge in [0.2, 0.25) is 5.91 Å². The number of nitrogens with zero attached hydrogens (tertiary/aromatic N) is 1. The second-order valence-electron chi connectivity index (χ2n) is 5.88. The summed E-state index contributed by atoms with van der Waals surface area (Å²) in [6, 6.07) is 0. The Morgan fingerprint density at radius 3 is 2.71 bits per heavy atom. The third-order valence-electron chi connectivity index (χ3n) is 3.12. The number of aliphatic hydroxyl groups excluding tert-OH is 1. The highest BCUT2D eigenvalue weighted by molar-refractivity contribution is 8.01. The van der Waals surface area contributed by atoms with E-state index in [1.165, 1.54) is 0 Å².